The smallest absolute Gasteiger partial charge is 0.434 e. The maximum atomic E-state index is 14.2. The van der Waals surface area contributed by atoms with Gasteiger partial charge in [0, 0.05) is 54.4 Å². The number of piperidine rings is 1. The third-order valence-electron chi connectivity index (χ3n) is 7.67. The van der Waals surface area contributed by atoms with Crippen LogP contribution in [0.2, 0.25) is 0 Å². The fourth-order valence-electron chi connectivity index (χ4n) is 5.25. The highest BCUT2D eigenvalue weighted by atomic mass is 32.2. The standard InChI is InChI=1S/C33H30F2N6O5S/c1-21-10-13-24-25(7-5-9-29(24)47(43,44)38-20-22-11-12-23(34)19-27(22)35)30(21)45-31-26(8-6-15-36-31)28-14-16-37-32(39-28)40-46-33(42)41-17-3-2-4-18-41/h5-16,19,38H,2-4,17-18,20H2,1H3,(H,37,39,40). The molecule has 1 aliphatic heterocycles. The molecular weight excluding hydrogens is 630 g/mol. The van der Waals surface area contributed by atoms with Crippen molar-refractivity contribution in [1.82, 2.24) is 24.6 Å². The highest BCUT2D eigenvalue weighted by Crippen LogP contribution is 2.38. The Hall–Kier alpha value is -5.21. The van der Waals surface area contributed by atoms with E-state index in [9.17, 15) is 22.0 Å². The van der Waals surface area contributed by atoms with Crippen LogP contribution in [-0.2, 0) is 21.4 Å². The number of nitrogens with zero attached hydrogens (tertiary/aromatic N) is 4. The Bertz CT molecular complexity index is 2060. The van der Waals surface area contributed by atoms with E-state index in [1.54, 1.807) is 53.6 Å². The van der Waals surface area contributed by atoms with Crippen LogP contribution < -0.4 is 14.9 Å². The zero-order chi connectivity index (χ0) is 33.0. The third-order valence-corrected chi connectivity index (χ3v) is 9.13. The minimum absolute atomic E-state index is 0.000926. The summed E-state index contributed by atoms with van der Waals surface area (Å²) in [7, 11) is -4.13. The van der Waals surface area contributed by atoms with Gasteiger partial charge in [-0.1, -0.05) is 30.3 Å². The summed E-state index contributed by atoms with van der Waals surface area (Å²) in [6.07, 6.45) is 5.47. The number of rotatable bonds is 9. The zero-order valence-corrected chi connectivity index (χ0v) is 26.1. The van der Waals surface area contributed by atoms with Gasteiger partial charge in [0.15, 0.2) is 0 Å². The molecule has 2 N–H and O–H groups in total. The summed E-state index contributed by atoms with van der Waals surface area (Å²) in [5.74, 6) is -0.990. The Labute approximate surface area is 269 Å². The summed E-state index contributed by atoms with van der Waals surface area (Å²) in [6, 6.07) is 16.2. The van der Waals surface area contributed by atoms with Gasteiger partial charge in [0.1, 0.15) is 17.4 Å². The van der Waals surface area contributed by atoms with Crippen molar-refractivity contribution in [1.29, 1.82) is 0 Å². The van der Waals surface area contributed by atoms with Crippen molar-refractivity contribution in [3.05, 3.63) is 102 Å². The van der Waals surface area contributed by atoms with Crippen LogP contribution in [0.1, 0.15) is 30.4 Å². The van der Waals surface area contributed by atoms with E-state index in [1.165, 1.54) is 18.3 Å². The molecule has 1 aliphatic rings. The molecule has 11 nitrogen and oxygen atoms in total. The summed E-state index contributed by atoms with van der Waals surface area (Å²) in [6.45, 7) is 2.71. The molecule has 2 aromatic heterocycles. The molecule has 0 radical (unpaired) electrons. The largest absolute Gasteiger partial charge is 0.437 e. The van der Waals surface area contributed by atoms with Crippen molar-refractivity contribution >= 4 is 32.8 Å². The summed E-state index contributed by atoms with van der Waals surface area (Å²) < 4.78 is 63.0. The number of benzene rings is 3. The van der Waals surface area contributed by atoms with Gasteiger partial charge in [0.05, 0.1) is 16.2 Å². The van der Waals surface area contributed by atoms with E-state index >= 15 is 0 Å². The van der Waals surface area contributed by atoms with E-state index in [0.29, 0.717) is 52.5 Å². The van der Waals surface area contributed by atoms with E-state index < -0.39 is 27.8 Å². The fraction of sp³-hybridized carbons (Fsp3) is 0.212. The fourth-order valence-corrected chi connectivity index (χ4v) is 6.47. The molecule has 14 heteroatoms. The Kier molecular flexibility index (Phi) is 9.22. The number of amides is 1. The molecule has 0 saturated carbocycles. The first-order valence-electron chi connectivity index (χ1n) is 14.8. The van der Waals surface area contributed by atoms with Gasteiger partial charge in [-0.2, -0.15) is 5.48 Å². The lowest BCUT2D eigenvalue weighted by molar-refractivity contribution is 0.113. The van der Waals surface area contributed by atoms with Gasteiger partial charge in [-0.05, 0) is 62.1 Å². The normalized spacial score (nSPS) is 13.4. The van der Waals surface area contributed by atoms with Gasteiger partial charge in [-0.3, -0.25) is 0 Å². The molecule has 1 saturated heterocycles. The van der Waals surface area contributed by atoms with Gasteiger partial charge < -0.3 is 14.5 Å². The summed E-state index contributed by atoms with van der Waals surface area (Å²) in [4.78, 5) is 32.3. The van der Waals surface area contributed by atoms with Crippen molar-refractivity contribution in [2.24, 2.45) is 0 Å². The molecule has 1 amide bonds. The van der Waals surface area contributed by atoms with E-state index in [2.05, 4.69) is 25.2 Å². The average molecular weight is 661 g/mol. The van der Waals surface area contributed by atoms with Crippen LogP contribution in [0.15, 0.2) is 84.0 Å². The third kappa shape index (κ3) is 7.13. The maximum Gasteiger partial charge on any atom is 0.434 e. The molecule has 0 aliphatic carbocycles. The van der Waals surface area contributed by atoms with Crippen LogP contribution in [0.25, 0.3) is 22.0 Å². The molecule has 0 unspecified atom stereocenters. The quantitative estimate of drug-likeness (QED) is 0.170. The molecule has 47 heavy (non-hydrogen) atoms. The van der Waals surface area contributed by atoms with E-state index in [4.69, 9.17) is 9.57 Å². The number of likely N-dealkylation sites (tertiary alicyclic amines) is 1. The summed E-state index contributed by atoms with van der Waals surface area (Å²) in [5, 5.41) is 0.855. The Morgan fingerprint density at radius 1 is 0.936 bits per heavy atom. The van der Waals surface area contributed by atoms with Gasteiger partial charge >= 0.3 is 6.09 Å². The van der Waals surface area contributed by atoms with Crippen molar-refractivity contribution in [3.8, 4) is 22.9 Å². The molecule has 0 bridgehead atoms. The van der Waals surface area contributed by atoms with Gasteiger partial charge in [-0.25, -0.2) is 41.7 Å². The van der Waals surface area contributed by atoms with E-state index in [-0.39, 0.29) is 28.8 Å². The molecule has 0 spiro atoms. The lowest BCUT2D eigenvalue weighted by Gasteiger charge is -2.25. The van der Waals surface area contributed by atoms with Gasteiger partial charge in [0.2, 0.25) is 15.9 Å². The van der Waals surface area contributed by atoms with Crippen LogP contribution in [-0.4, -0.2) is 47.5 Å². The predicted octanol–water partition coefficient (Wildman–Crippen LogP) is 6.50. The van der Waals surface area contributed by atoms with E-state index in [1.807, 2.05) is 6.92 Å². The van der Waals surface area contributed by atoms with Crippen molar-refractivity contribution in [3.63, 3.8) is 0 Å². The summed E-state index contributed by atoms with van der Waals surface area (Å²) >= 11 is 0. The highest BCUT2D eigenvalue weighted by Gasteiger charge is 2.22. The minimum Gasteiger partial charge on any atom is -0.437 e. The molecule has 5 aromatic rings. The lowest BCUT2D eigenvalue weighted by atomic mass is 10.1. The molecule has 1 fully saturated rings. The number of pyridine rings is 1. The first kappa shape index (κ1) is 31.8. The highest BCUT2D eigenvalue weighted by molar-refractivity contribution is 7.89. The van der Waals surface area contributed by atoms with Crippen LogP contribution in [0.5, 0.6) is 11.6 Å². The number of nitrogens with one attached hydrogen (secondary N) is 2. The number of carbonyl (C=O) groups is 1. The number of hydrogen-bond acceptors (Lipinski definition) is 9. The molecule has 3 aromatic carbocycles. The molecular formula is C33H30F2N6O5S. The average Bonchev–Trinajstić information content (AvgIpc) is 3.08. The molecule has 242 valence electrons. The number of sulfonamides is 1. The van der Waals surface area contributed by atoms with Gasteiger partial charge in [0.25, 0.3) is 5.95 Å². The second-order valence-electron chi connectivity index (χ2n) is 10.9. The second kappa shape index (κ2) is 13.6. The van der Waals surface area contributed by atoms with Crippen molar-refractivity contribution in [2.45, 2.75) is 37.6 Å². The number of aryl methyl sites for hydroxylation is 1. The molecule has 3 heterocycles. The second-order valence-corrected chi connectivity index (χ2v) is 12.6. The maximum absolute atomic E-state index is 14.2. The SMILES string of the molecule is Cc1ccc2c(S(=O)(=O)NCc3ccc(F)cc3F)cccc2c1Oc1ncccc1-c1ccnc(NOC(=O)N2CCCCC2)n1. The van der Waals surface area contributed by atoms with Crippen LogP contribution >= 0.6 is 0 Å². The number of anilines is 1. The Balaban J connectivity index is 1.26. The number of carbonyl (C=O) groups excluding carboxylic acids is 1. The number of fused-ring (bicyclic) bond motifs is 1. The first-order valence-corrected chi connectivity index (χ1v) is 16.3. The molecule has 6 rings (SSSR count). The molecule has 0 atom stereocenters. The van der Waals surface area contributed by atoms with E-state index in [0.717, 1.165) is 25.3 Å². The number of ether oxygens (including phenoxy) is 1. The predicted molar refractivity (Wildman–Crippen MR) is 170 cm³/mol. The first-order chi connectivity index (χ1) is 22.7. The van der Waals surface area contributed by atoms with Gasteiger partial charge in [-0.15, -0.1) is 0 Å². The Morgan fingerprint density at radius 3 is 2.57 bits per heavy atom. The zero-order valence-electron chi connectivity index (χ0n) is 25.2. The topological polar surface area (TPSA) is 136 Å². The summed E-state index contributed by atoms with van der Waals surface area (Å²) in [5.41, 5.74) is 4.17. The number of aromatic nitrogens is 3. The van der Waals surface area contributed by atoms with Crippen LogP contribution in [0, 0.1) is 18.6 Å². The monoisotopic (exact) mass is 660 g/mol. The van der Waals surface area contributed by atoms with Crippen LogP contribution in [0.3, 0.4) is 0 Å². The lowest BCUT2D eigenvalue weighted by Crippen LogP contribution is -2.37. The number of halogens is 2. The van der Waals surface area contributed by atoms with Crippen molar-refractivity contribution in [2.75, 3.05) is 18.6 Å². The van der Waals surface area contributed by atoms with Crippen molar-refractivity contribution < 1.29 is 31.6 Å². The van der Waals surface area contributed by atoms with Crippen LogP contribution in [0.4, 0.5) is 19.5 Å². The Morgan fingerprint density at radius 2 is 1.77 bits per heavy atom. The number of hydrogen-bond donors (Lipinski definition) is 2. The minimum atomic E-state index is -4.13.